The van der Waals surface area contributed by atoms with Crippen LogP contribution in [-0.4, -0.2) is 25.5 Å². The first-order chi connectivity index (χ1) is 15.1. The number of nitrogens with zero attached hydrogens (tertiary/aromatic N) is 4. The van der Waals surface area contributed by atoms with Gasteiger partial charge in [-0.15, -0.1) is 0 Å². The predicted octanol–water partition coefficient (Wildman–Crippen LogP) is 3.32. The molecule has 0 fully saturated rings. The standard InChI is InChI=1S/C13H5N3O7.C6H5NO2/c17-13-9-4-6-3-7(14(18)19)1-2-8(6)12(9)10(15(20)21)5-11(13)16(22)23;8-7(9)6-4-2-1-3-5-6/h1-5H;1-5H. The summed E-state index contributed by atoms with van der Waals surface area (Å²) in [6.45, 7) is 0. The molecule has 13 heteroatoms. The van der Waals surface area contributed by atoms with Crippen molar-refractivity contribution in [1.29, 1.82) is 0 Å². The molecule has 2 aliphatic carbocycles. The minimum atomic E-state index is -0.991. The van der Waals surface area contributed by atoms with Gasteiger partial charge < -0.3 is 0 Å². The van der Waals surface area contributed by atoms with Crippen LogP contribution in [0.25, 0.3) is 11.6 Å². The van der Waals surface area contributed by atoms with Crippen LogP contribution in [0.3, 0.4) is 0 Å². The summed E-state index contributed by atoms with van der Waals surface area (Å²) in [6.07, 6.45) is 1.81. The van der Waals surface area contributed by atoms with E-state index in [1.165, 1.54) is 24.3 Å². The van der Waals surface area contributed by atoms with Gasteiger partial charge in [-0.05, 0) is 23.3 Å². The van der Waals surface area contributed by atoms with Crippen molar-refractivity contribution in [2.75, 3.05) is 0 Å². The molecule has 0 saturated carbocycles. The maximum Gasteiger partial charge on any atom is 0.323 e. The van der Waals surface area contributed by atoms with Gasteiger partial charge in [0.25, 0.3) is 22.9 Å². The molecule has 0 spiro atoms. The van der Waals surface area contributed by atoms with E-state index in [9.17, 15) is 45.3 Å². The second-order valence-electron chi connectivity index (χ2n) is 6.31. The lowest BCUT2D eigenvalue weighted by atomic mass is 9.92. The molecule has 2 aromatic carbocycles. The third-order valence-corrected chi connectivity index (χ3v) is 4.45. The molecule has 0 bridgehead atoms. The zero-order chi connectivity index (χ0) is 23.6. The number of para-hydroxylation sites is 1. The van der Waals surface area contributed by atoms with Gasteiger partial charge in [-0.3, -0.25) is 45.3 Å². The third-order valence-electron chi connectivity index (χ3n) is 4.45. The van der Waals surface area contributed by atoms with Crippen LogP contribution < -0.4 is 0 Å². The van der Waals surface area contributed by atoms with E-state index >= 15 is 0 Å². The van der Waals surface area contributed by atoms with Gasteiger partial charge in [-0.1, -0.05) is 18.2 Å². The van der Waals surface area contributed by atoms with Crippen LogP contribution in [0.1, 0.15) is 11.1 Å². The summed E-state index contributed by atoms with van der Waals surface area (Å²) in [5.41, 5.74) is -1.39. The number of fused-ring (bicyclic) bond motifs is 3. The number of nitro benzene ring substituents is 2. The lowest BCUT2D eigenvalue weighted by Crippen LogP contribution is -2.20. The summed E-state index contributed by atoms with van der Waals surface area (Å²) in [6, 6.07) is 11.5. The Morgan fingerprint density at radius 3 is 1.78 bits per heavy atom. The molecule has 13 nitrogen and oxygen atoms in total. The molecule has 0 radical (unpaired) electrons. The van der Waals surface area contributed by atoms with E-state index in [1.54, 1.807) is 18.2 Å². The van der Waals surface area contributed by atoms with Crippen molar-refractivity contribution in [3.05, 3.63) is 123 Å². The number of hydrogen-bond acceptors (Lipinski definition) is 9. The minimum Gasteiger partial charge on any atom is -0.282 e. The number of nitro groups is 4. The molecule has 2 aliphatic rings. The normalized spacial score (nSPS) is 13.7. The summed E-state index contributed by atoms with van der Waals surface area (Å²) in [4.78, 5) is 52.1. The number of Topliss-reactive ketones (excluding diaryl/α,β-unsaturated/α-hetero) is 1. The summed E-state index contributed by atoms with van der Waals surface area (Å²) in [5.74, 6) is -0.963. The highest BCUT2D eigenvalue weighted by atomic mass is 16.6. The van der Waals surface area contributed by atoms with Gasteiger partial charge in [-0.25, -0.2) is 0 Å². The van der Waals surface area contributed by atoms with Crippen molar-refractivity contribution in [2.24, 2.45) is 0 Å². The summed E-state index contributed by atoms with van der Waals surface area (Å²) >= 11 is 0. The molecule has 0 saturated heterocycles. The number of allylic oxidation sites excluding steroid dienone is 3. The van der Waals surface area contributed by atoms with Crippen molar-refractivity contribution < 1.29 is 24.5 Å². The molecular weight excluding hydrogens is 428 g/mol. The van der Waals surface area contributed by atoms with Gasteiger partial charge >= 0.3 is 5.70 Å². The van der Waals surface area contributed by atoms with E-state index < -0.39 is 36.9 Å². The van der Waals surface area contributed by atoms with E-state index in [1.807, 2.05) is 0 Å². The van der Waals surface area contributed by atoms with Crippen LogP contribution in [0.5, 0.6) is 0 Å². The number of carbonyl (C=O) groups excluding carboxylic acids is 1. The molecule has 0 amide bonds. The highest BCUT2D eigenvalue weighted by molar-refractivity contribution is 6.25. The summed E-state index contributed by atoms with van der Waals surface area (Å²) in [7, 11) is 0. The highest BCUT2D eigenvalue weighted by Gasteiger charge is 2.42. The van der Waals surface area contributed by atoms with Gasteiger partial charge in [0, 0.05) is 29.8 Å². The van der Waals surface area contributed by atoms with Gasteiger partial charge in [0.1, 0.15) is 0 Å². The Kier molecular flexibility index (Phi) is 5.65. The van der Waals surface area contributed by atoms with Crippen LogP contribution in [0.4, 0.5) is 11.4 Å². The van der Waals surface area contributed by atoms with Gasteiger partial charge in [-0.2, -0.15) is 0 Å². The van der Waals surface area contributed by atoms with E-state index in [2.05, 4.69) is 0 Å². The third kappa shape index (κ3) is 3.97. The summed E-state index contributed by atoms with van der Waals surface area (Å²) in [5, 5.41) is 42.9. The second-order valence-corrected chi connectivity index (χ2v) is 6.31. The zero-order valence-corrected chi connectivity index (χ0v) is 15.7. The van der Waals surface area contributed by atoms with Crippen LogP contribution in [0.2, 0.25) is 0 Å². The Hall–Kier alpha value is -5.07. The average Bonchev–Trinajstić information content (AvgIpc) is 3.14. The molecule has 0 aliphatic heterocycles. The van der Waals surface area contributed by atoms with Crippen molar-refractivity contribution in [3.63, 3.8) is 0 Å². The maximum absolute atomic E-state index is 12.1. The van der Waals surface area contributed by atoms with Crippen LogP contribution >= 0.6 is 0 Å². The molecule has 2 aromatic rings. The molecule has 4 rings (SSSR count). The fourth-order valence-electron chi connectivity index (χ4n) is 3.07. The zero-order valence-electron chi connectivity index (χ0n) is 15.7. The van der Waals surface area contributed by atoms with Crippen molar-refractivity contribution in [1.82, 2.24) is 0 Å². The Morgan fingerprint density at radius 2 is 1.28 bits per heavy atom. The van der Waals surface area contributed by atoms with Gasteiger partial charge in [0.2, 0.25) is 0 Å². The predicted molar refractivity (Wildman–Crippen MR) is 108 cm³/mol. The molecule has 160 valence electrons. The maximum atomic E-state index is 12.1. The van der Waals surface area contributed by atoms with E-state index in [4.69, 9.17) is 0 Å². The molecule has 0 atom stereocenters. The fourth-order valence-corrected chi connectivity index (χ4v) is 3.07. The van der Waals surface area contributed by atoms with E-state index in [0.29, 0.717) is 6.08 Å². The lowest BCUT2D eigenvalue weighted by molar-refractivity contribution is -0.430. The smallest absolute Gasteiger partial charge is 0.282 e. The van der Waals surface area contributed by atoms with E-state index in [0.717, 1.165) is 12.1 Å². The Morgan fingerprint density at radius 1 is 0.656 bits per heavy atom. The first-order valence-electron chi connectivity index (χ1n) is 8.61. The lowest BCUT2D eigenvalue weighted by Gasteiger charge is -2.10. The Balaban J connectivity index is 0.000000269. The molecule has 0 unspecified atom stereocenters. The Labute approximate surface area is 177 Å². The number of benzene rings is 2. The topological polar surface area (TPSA) is 190 Å². The number of non-ortho nitro benzene ring substituents is 2. The average molecular weight is 438 g/mol. The van der Waals surface area contributed by atoms with Crippen LogP contribution in [0, 0.1) is 40.5 Å². The number of ketones is 1. The highest BCUT2D eigenvalue weighted by Crippen LogP contribution is 2.43. The van der Waals surface area contributed by atoms with E-state index in [-0.39, 0.29) is 33.6 Å². The van der Waals surface area contributed by atoms with Crippen molar-refractivity contribution >= 4 is 28.8 Å². The largest absolute Gasteiger partial charge is 0.323 e. The first kappa shape index (κ1) is 21.6. The van der Waals surface area contributed by atoms with Gasteiger partial charge in [0.05, 0.1) is 31.3 Å². The molecule has 0 aromatic heterocycles. The monoisotopic (exact) mass is 438 g/mol. The number of carbonyl (C=O) groups is 1. The number of hydrogen-bond donors (Lipinski definition) is 0. The van der Waals surface area contributed by atoms with Crippen molar-refractivity contribution in [3.8, 4) is 0 Å². The molecular formula is C19H10N4O9. The summed E-state index contributed by atoms with van der Waals surface area (Å²) < 4.78 is 0. The molecule has 32 heavy (non-hydrogen) atoms. The Bertz CT molecular complexity index is 1290. The number of rotatable bonds is 4. The van der Waals surface area contributed by atoms with Gasteiger partial charge in [0.15, 0.2) is 0 Å². The van der Waals surface area contributed by atoms with Crippen molar-refractivity contribution in [2.45, 2.75) is 0 Å². The minimum absolute atomic E-state index is 0.0597. The quantitative estimate of drug-likeness (QED) is 0.509. The molecule has 0 heterocycles. The van der Waals surface area contributed by atoms with Crippen LogP contribution in [-0.2, 0) is 4.79 Å². The molecule has 0 N–H and O–H groups in total. The second kappa shape index (κ2) is 8.35. The SMILES string of the molecule is O=C1C2=Cc3cc([N+](=O)[O-])ccc3C2=C([N+](=O)[O-])C=C1[N+](=O)[O-].O=[N+]([O-])c1ccccc1. The fraction of sp³-hybridized carbons (Fsp3) is 0. The first-order valence-corrected chi connectivity index (χ1v) is 8.61. The van der Waals surface area contributed by atoms with Crippen LogP contribution in [0.15, 0.2) is 71.6 Å².